The lowest BCUT2D eigenvalue weighted by Crippen LogP contribution is -2.85. The SMILES string of the molecule is CC(CO)NC(C(=O)c1cccc(Cl)c1)C(NC(C)(C)CO)(C(=O)c1cc(Cl)c(N)c(Cl)c1)C(C)(NC(C)CO)C(=O)c1cccc(Cl)c1. The minimum absolute atomic E-state index is 0.00231. The third-order valence-electron chi connectivity index (χ3n) is 8.30. The van der Waals surface area contributed by atoms with Gasteiger partial charge in [-0.3, -0.25) is 25.0 Å². The summed E-state index contributed by atoms with van der Waals surface area (Å²) in [7, 11) is 0. The van der Waals surface area contributed by atoms with E-state index in [1.54, 1.807) is 52.0 Å². The molecule has 0 saturated carbocycles. The summed E-state index contributed by atoms with van der Waals surface area (Å²) >= 11 is 25.6. The van der Waals surface area contributed by atoms with Gasteiger partial charge in [-0.05, 0) is 71.0 Å². The van der Waals surface area contributed by atoms with Gasteiger partial charge in [0, 0.05) is 44.4 Å². The zero-order valence-corrected chi connectivity index (χ0v) is 30.8. The maximum atomic E-state index is 15.6. The van der Waals surface area contributed by atoms with Gasteiger partial charge in [-0.1, -0.05) is 70.7 Å². The molecule has 0 aliphatic heterocycles. The second-order valence-electron chi connectivity index (χ2n) is 12.9. The number of aliphatic hydroxyl groups excluding tert-OH is 3. The predicted molar refractivity (Wildman–Crippen MR) is 195 cm³/mol. The number of ketones is 3. The summed E-state index contributed by atoms with van der Waals surface area (Å²) in [6.45, 7) is 6.21. The highest BCUT2D eigenvalue weighted by Gasteiger charge is 2.65. The van der Waals surface area contributed by atoms with E-state index in [0.29, 0.717) is 0 Å². The van der Waals surface area contributed by atoms with E-state index in [0.717, 1.165) is 0 Å². The summed E-state index contributed by atoms with van der Waals surface area (Å²) in [5.74, 6) is -2.28. The van der Waals surface area contributed by atoms with Crippen molar-refractivity contribution in [3.8, 4) is 0 Å². The number of carbonyl (C=O) groups excluding carboxylic acids is 3. The van der Waals surface area contributed by atoms with Gasteiger partial charge in [-0.2, -0.15) is 0 Å². The Labute approximate surface area is 306 Å². The molecule has 0 aliphatic rings. The molecule has 5 atom stereocenters. The molecule has 0 aliphatic carbocycles. The number of carbonyl (C=O) groups is 3. The van der Waals surface area contributed by atoms with Gasteiger partial charge >= 0.3 is 0 Å². The molecule has 0 saturated heterocycles. The van der Waals surface area contributed by atoms with E-state index in [2.05, 4.69) is 16.0 Å². The molecular weight excluding hydrogens is 714 g/mol. The molecule has 0 fully saturated rings. The van der Waals surface area contributed by atoms with E-state index in [4.69, 9.17) is 52.1 Å². The van der Waals surface area contributed by atoms with Crippen LogP contribution in [-0.4, -0.2) is 87.2 Å². The lowest BCUT2D eigenvalue weighted by atomic mass is 9.62. The average Bonchev–Trinajstić information content (AvgIpc) is 3.07. The number of hydrogen-bond acceptors (Lipinski definition) is 10. The molecule has 0 spiro atoms. The maximum Gasteiger partial charge on any atom is 0.187 e. The Kier molecular flexibility index (Phi) is 13.8. The number of hydrogen-bond donors (Lipinski definition) is 7. The highest BCUT2D eigenvalue weighted by Crippen LogP contribution is 2.40. The number of benzene rings is 3. The minimum atomic E-state index is -2.44. The number of nitrogens with one attached hydrogen (secondary N) is 3. The second-order valence-corrected chi connectivity index (χ2v) is 14.6. The first kappa shape index (κ1) is 40.8. The van der Waals surface area contributed by atoms with Crippen molar-refractivity contribution in [2.45, 2.75) is 69.4 Å². The normalized spacial score (nSPS) is 16.2. The van der Waals surface area contributed by atoms with Gasteiger partial charge in [0.1, 0.15) is 11.1 Å². The summed E-state index contributed by atoms with van der Waals surface area (Å²) in [6, 6.07) is 11.2. The number of Topliss-reactive ketones (excluding diaryl/α,β-unsaturated/α-hetero) is 3. The molecule has 8 N–H and O–H groups in total. The molecule has 5 unspecified atom stereocenters. The number of nitrogens with two attached hydrogens (primary N) is 1. The van der Waals surface area contributed by atoms with E-state index in [1.165, 1.54) is 43.3 Å². The van der Waals surface area contributed by atoms with Crippen molar-refractivity contribution in [3.05, 3.63) is 97.4 Å². The number of nitrogen functional groups attached to an aromatic ring is 1. The standard InChI is InChI=1S/C35H42Cl4N4O6/c1-19(16-44)41-30(29(47)21-8-6-10-24(36)12-21)35(43-33(3,4)18-46,32(49)23-14-26(38)28(40)27(39)15-23)34(5,42-20(2)17-45)31(48)22-9-7-11-25(37)13-22/h6-15,19-20,30,41-46H,16-18,40H2,1-5H3. The Balaban J connectivity index is 2.67. The molecule has 10 nitrogen and oxygen atoms in total. The summed E-state index contributed by atoms with van der Waals surface area (Å²) in [5, 5.41) is 41.0. The molecule has 0 radical (unpaired) electrons. The molecule has 0 amide bonds. The van der Waals surface area contributed by atoms with Crippen molar-refractivity contribution < 1.29 is 29.7 Å². The quantitative estimate of drug-likeness (QED) is 0.0734. The molecule has 0 bridgehead atoms. The van der Waals surface area contributed by atoms with Crippen molar-refractivity contribution in [1.82, 2.24) is 16.0 Å². The van der Waals surface area contributed by atoms with Crippen molar-refractivity contribution in [1.29, 1.82) is 0 Å². The predicted octanol–water partition coefficient (Wildman–Crippen LogP) is 5.00. The number of aliphatic hydroxyl groups is 3. The van der Waals surface area contributed by atoms with Gasteiger partial charge in [-0.25, -0.2) is 0 Å². The zero-order chi connectivity index (χ0) is 36.9. The van der Waals surface area contributed by atoms with Gasteiger partial charge in [0.25, 0.3) is 0 Å². The number of halogens is 4. The van der Waals surface area contributed by atoms with Crippen molar-refractivity contribution in [3.63, 3.8) is 0 Å². The summed E-state index contributed by atoms with van der Waals surface area (Å²) in [6.07, 6.45) is 0. The first-order valence-corrected chi connectivity index (χ1v) is 16.9. The van der Waals surface area contributed by atoms with Crippen LogP contribution in [0.1, 0.15) is 65.7 Å². The molecule has 0 aromatic heterocycles. The Morgan fingerprint density at radius 3 is 1.76 bits per heavy atom. The summed E-state index contributed by atoms with van der Waals surface area (Å²) in [4.78, 5) is 45.8. The van der Waals surface area contributed by atoms with Crippen LogP contribution in [0.25, 0.3) is 0 Å². The van der Waals surface area contributed by atoms with E-state index in [9.17, 15) is 20.1 Å². The number of rotatable bonds is 17. The summed E-state index contributed by atoms with van der Waals surface area (Å²) < 4.78 is 0. The van der Waals surface area contributed by atoms with E-state index >= 15 is 9.59 Å². The summed E-state index contributed by atoms with van der Waals surface area (Å²) in [5.41, 5.74) is 0.0258. The van der Waals surface area contributed by atoms with Crippen LogP contribution in [0.15, 0.2) is 60.7 Å². The fourth-order valence-corrected chi connectivity index (χ4v) is 6.64. The van der Waals surface area contributed by atoms with Crippen LogP contribution >= 0.6 is 46.4 Å². The van der Waals surface area contributed by atoms with Crippen LogP contribution in [-0.2, 0) is 0 Å². The maximum absolute atomic E-state index is 15.6. The lowest BCUT2D eigenvalue weighted by Gasteiger charge is -2.55. The van der Waals surface area contributed by atoms with Crippen molar-refractivity contribution in [2.24, 2.45) is 0 Å². The van der Waals surface area contributed by atoms with Crippen LogP contribution in [0, 0.1) is 0 Å². The molecule has 3 aromatic carbocycles. The largest absolute Gasteiger partial charge is 0.396 e. The molecule has 14 heteroatoms. The zero-order valence-electron chi connectivity index (χ0n) is 27.8. The molecule has 3 aromatic rings. The Bertz CT molecular complexity index is 1670. The van der Waals surface area contributed by atoms with Crippen molar-refractivity contribution in [2.75, 3.05) is 25.6 Å². The molecular formula is C35H42Cl4N4O6. The van der Waals surface area contributed by atoms with Crippen LogP contribution < -0.4 is 21.7 Å². The first-order chi connectivity index (χ1) is 22.9. The van der Waals surface area contributed by atoms with Crippen molar-refractivity contribution >= 4 is 69.4 Å². The molecule has 3 rings (SSSR count). The Morgan fingerprint density at radius 1 is 0.755 bits per heavy atom. The number of anilines is 1. The Hall–Kier alpha value is -2.61. The van der Waals surface area contributed by atoms with E-state index in [-0.39, 0.29) is 42.5 Å². The average molecular weight is 757 g/mol. The Morgan fingerprint density at radius 2 is 1.27 bits per heavy atom. The fraction of sp³-hybridized carbons (Fsp3) is 0.400. The molecule has 49 heavy (non-hydrogen) atoms. The van der Waals surface area contributed by atoms with Crippen LogP contribution in [0.2, 0.25) is 20.1 Å². The van der Waals surface area contributed by atoms with Crippen LogP contribution in [0.4, 0.5) is 5.69 Å². The highest BCUT2D eigenvalue weighted by atomic mass is 35.5. The third-order valence-corrected chi connectivity index (χ3v) is 9.39. The van der Waals surface area contributed by atoms with Gasteiger partial charge in [0.2, 0.25) is 0 Å². The fourth-order valence-electron chi connectivity index (χ4n) is 5.78. The van der Waals surface area contributed by atoms with Gasteiger partial charge < -0.3 is 26.4 Å². The lowest BCUT2D eigenvalue weighted by molar-refractivity contribution is 0.0251. The van der Waals surface area contributed by atoms with Gasteiger partial charge in [0.15, 0.2) is 17.3 Å². The van der Waals surface area contributed by atoms with Crippen LogP contribution in [0.3, 0.4) is 0 Å². The third kappa shape index (κ3) is 8.83. The van der Waals surface area contributed by atoms with E-state index < -0.39 is 71.9 Å². The van der Waals surface area contributed by atoms with Gasteiger partial charge in [-0.15, -0.1) is 0 Å². The van der Waals surface area contributed by atoms with E-state index in [1.807, 2.05) is 0 Å². The first-order valence-electron chi connectivity index (χ1n) is 15.4. The minimum Gasteiger partial charge on any atom is -0.396 e. The smallest absolute Gasteiger partial charge is 0.187 e. The highest BCUT2D eigenvalue weighted by molar-refractivity contribution is 6.39. The van der Waals surface area contributed by atoms with Crippen LogP contribution in [0.5, 0.6) is 0 Å². The monoisotopic (exact) mass is 754 g/mol. The molecule has 266 valence electrons. The second kappa shape index (κ2) is 16.6. The van der Waals surface area contributed by atoms with Gasteiger partial charge in [0.05, 0.1) is 41.6 Å². The molecule has 0 heterocycles. The topological polar surface area (TPSA) is 174 Å².